The minimum atomic E-state index is -0.213. The van der Waals surface area contributed by atoms with Gasteiger partial charge in [0.2, 0.25) is 0 Å². The van der Waals surface area contributed by atoms with Crippen molar-refractivity contribution in [3.8, 4) is 17.2 Å². The molecule has 1 heterocycles. The number of ether oxygens (including phenoxy) is 2. The SMILES string of the molecule is COc1cc(-n2cnnn2)c(Cl)cc1C(=O)N(C)CCCOc1cccc(Cl)c1. The number of aromatic nitrogens is 4. The van der Waals surface area contributed by atoms with Gasteiger partial charge in [-0.05, 0) is 41.1 Å². The molecule has 0 atom stereocenters. The van der Waals surface area contributed by atoms with Crippen LogP contribution < -0.4 is 9.47 Å². The number of amides is 1. The van der Waals surface area contributed by atoms with Crippen LogP contribution in [0.1, 0.15) is 16.8 Å². The topological polar surface area (TPSA) is 82.4 Å². The van der Waals surface area contributed by atoms with E-state index in [1.165, 1.54) is 18.1 Å². The number of benzene rings is 2. The molecule has 0 spiro atoms. The zero-order chi connectivity index (χ0) is 20.8. The minimum Gasteiger partial charge on any atom is -0.496 e. The van der Waals surface area contributed by atoms with E-state index in [4.69, 9.17) is 32.7 Å². The Kier molecular flexibility index (Phi) is 6.90. The normalized spacial score (nSPS) is 10.6. The molecule has 1 aromatic heterocycles. The highest BCUT2D eigenvalue weighted by molar-refractivity contribution is 6.33. The number of carbonyl (C=O) groups is 1. The van der Waals surface area contributed by atoms with E-state index in [1.54, 1.807) is 36.2 Å². The van der Waals surface area contributed by atoms with E-state index in [-0.39, 0.29) is 5.91 Å². The van der Waals surface area contributed by atoms with E-state index in [0.29, 0.717) is 52.4 Å². The molecule has 8 nitrogen and oxygen atoms in total. The fourth-order valence-corrected chi connectivity index (χ4v) is 3.11. The average molecular weight is 436 g/mol. The number of rotatable bonds is 8. The number of hydrogen-bond acceptors (Lipinski definition) is 6. The third kappa shape index (κ3) is 5.16. The average Bonchev–Trinajstić information content (AvgIpc) is 3.25. The highest BCUT2D eigenvalue weighted by Gasteiger charge is 2.20. The zero-order valence-corrected chi connectivity index (χ0v) is 17.4. The smallest absolute Gasteiger partial charge is 0.257 e. The largest absolute Gasteiger partial charge is 0.496 e. The van der Waals surface area contributed by atoms with Gasteiger partial charge in [-0.2, -0.15) is 4.68 Å². The predicted octanol–water partition coefficient (Wildman–Crippen LogP) is 3.52. The molecule has 0 unspecified atom stereocenters. The van der Waals surface area contributed by atoms with Gasteiger partial charge < -0.3 is 14.4 Å². The molecule has 29 heavy (non-hydrogen) atoms. The minimum absolute atomic E-state index is 0.213. The van der Waals surface area contributed by atoms with Crippen LogP contribution in [-0.4, -0.2) is 58.3 Å². The Bertz CT molecular complexity index is 982. The standard InChI is InChI=1S/C19H19Cl2N5O3/c1-25(7-4-8-29-14-6-3-5-13(20)9-14)19(27)15-10-16(21)17(11-18(15)28-2)26-12-22-23-24-26/h3,5-6,9-12H,4,7-8H2,1-2H3. The number of carbonyl (C=O) groups excluding carboxylic acids is 1. The first-order chi connectivity index (χ1) is 14.0. The van der Waals surface area contributed by atoms with Crippen LogP contribution in [0.4, 0.5) is 0 Å². The zero-order valence-electron chi connectivity index (χ0n) is 15.9. The first-order valence-corrected chi connectivity index (χ1v) is 9.50. The molecule has 3 aromatic rings. The lowest BCUT2D eigenvalue weighted by molar-refractivity contribution is 0.0784. The second-order valence-corrected chi connectivity index (χ2v) is 6.99. The van der Waals surface area contributed by atoms with Crippen LogP contribution in [-0.2, 0) is 0 Å². The first-order valence-electron chi connectivity index (χ1n) is 8.74. The summed E-state index contributed by atoms with van der Waals surface area (Å²) < 4.78 is 12.4. The number of halogens is 2. The molecule has 3 rings (SSSR count). The Balaban J connectivity index is 1.63. The first kappa shape index (κ1) is 20.9. The van der Waals surface area contributed by atoms with Crippen molar-refractivity contribution in [1.29, 1.82) is 0 Å². The molecule has 0 radical (unpaired) electrons. The number of hydrogen-bond donors (Lipinski definition) is 0. The van der Waals surface area contributed by atoms with Crippen molar-refractivity contribution in [2.24, 2.45) is 0 Å². The lowest BCUT2D eigenvalue weighted by Crippen LogP contribution is -2.29. The van der Waals surface area contributed by atoms with Gasteiger partial charge in [0.25, 0.3) is 5.91 Å². The maximum absolute atomic E-state index is 12.9. The Morgan fingerprint density at radius 2 is 2.07 bits per heavy atom. The van der Waals surface area contributed by atoms with E-state index in [9.17, 15) is 4.79 Å². The molecule has 0 aliphatic heterocycles. The molecular weight excluding hydrogens is 417 g/mol. The molecule has 0 bridgehead atoms. The van der Waals surface area contributed by atoms with Gasteiger partial charge in [-0.1, -0.05) is 29.3 Å². The van der Waals surface area contributed by atoms with E-state index >= 15 is 0 Å². The predicted molar refractivity (Wildman–Crippen MR) is 109 cm³/mol. The van der Waals surface area contributed by atoms with Gasteiger partial charge in [-0.25, -0.2) is 0 Å². The number of methoxy groups -OCH3 is 1. The highest BCUT2D eigenvalue weighted by atomic mass is 35.5. The van der Waals surface area contributed by atoms with Crippen molar-refractivity contribution in [2.45, 2.75) is 6.42 Å². The van der Waals surface area contributed by atoms with Gasteiger partial charge in [0, 0.05) is 24.7 Å². The molecule has 2 aromatic carbocycles. The summed E-state index contributed by atoms with van der Waals surface area (Å²) in [4.78, 5) is 14.5. The molecule has 0 saturated carbocycles. The number of tetrazole rings is 1. The van der Waals surface area contributed by atoms with Crippen LogP contribution in [0.5, 0.6) is 11.5 Å². The summed E-state index contributed by atoms with van der Waals surface area (Å²) in [6.45, 7) is 0.947. The fraction of sp³-hybridized carbons (Fsp3) is 0.263. The Morgan fingerprint density at radius 1 is 1.24 bits per heavy atom. The molecule has 0 N–H and O–H groups in total. The molecule has 0 aliphatic rings. The highest BCUT2D eigenvalue weighted by Crippen LogP contribution is 2.30. The van der Waals surface area contributed by atoms with Crippen molar-refractivity contribution < 1.29 is 14.3 Å². The van der Waals surface area contributed by atoms with Gasteiger partial charge in [0.05, 0.1) is 30.0 Å². The van der Waals surface area contributed by atoms with Crippen LogP contribution in [0.15, 0.2) is 42.7 Å². The molecule has 152 valence electrons. The van der Waals surface area contributed by atoms with E-state index in [2.05, 4.69) is 15.5 Å². The lowest BCUT2D eigenvalue weighted by Gasteiger charge is -2.19. The van der Waals surface area contributed by atoms with E-state index < -0.39 is 0 Å². The maximum Gasteiger partial charge on any atom is 0.257 e. The third-order valence-electron chi connectivity index (χ3n) is 4.14. The third-order valence-corrected chi connectivity index (χ3v) is 4.68. The second-order valence-electron chi connectivity index (χ2n) is 6.14. The van der Waals surface area contributed by atoms with Crippen LogP contribution in [0, 0.1) is 0 Å². The van der Waals surface area contributed by atoms with Gasteiger partial charge in [0.15, 0.2) is 0 Å². The van der Waals surface area contributed by atoms with Gasteiger partial charge in [-0.3, -0.25) is 4.79 Å². The van der Waals surface area contributed by atoms with Crippen molar-refractivity contribution in [2.75, 3.05) is 27.3 Å². The van der Waals surface area contributed by atoms with Gasteiger partial charge in [-0.15, -0.1) is 5.10 Å². The Hall–Kier alpha value is -2.84. The molecule has 1 amide bonds. The summed E-state index contributed by atoms with van der Waals surface area (Å²) in [7, 11) is 3.20. The quantitative estimate of drug-likeness (QED) is 0.503. The van der Waals surface area contributed by atoms with Gasteiger partial charge >= 0.3 is 0 Å². The van der Waals surface area contributed by atoms with Crippen LogP contribution >= 0.6 is 23.2 Å². The Morgan fingerprint density at radius 3 is 2.76 bits per heavy atom. The van der Waals surface area contributed by atoms with Crippen molar-refractivity contribution in [3.05, 3.63) is 58.3 Å². The van der Waals surface area contributed by atoms with Crippen LogP contribution in [0.2, 0.25) is 10.0 Å². The van der Waals surface area contributed by atoms with Crippen LogP contribution in [0.3, 0.4) is 0 Å². The monoisotopic (exact) mass is 435 g/mol. The van der Waals surface area contributed by atoms with E-state index in [0.717, 1.165) is 0 Å². The van der Waals surface area contributed by atoms with Gasteiger partial charge in [0.1, 0.15) is 17.8 Å². The number of nitrogens with zero attached hydrogens (tertiary/aromatic N) is 5. The molecule has 0 aliphatic carbocycles. The summed E-state index contributed by atoms with van der Waals surface area (Å²) in [6.07, 6.45) is 2.06. The van der Waals surface area contributed by atoms with Crippen molar-refractivity contribution in [3.63, 3.8) is 0 Å². The van der Waals surface area contributed by atoms with Crippen molar-refractivity contribution >= 4 is 29.1 Å². The second kappa shape index (κ2) is 9.58. The molecular formula is C19H19Cl2N5O3. The summed E-state index contributed by atoms with van der Waals surface area (Å²) in [6, 6.07) is 10.4. The fourth-order valence-electron chi connectivity index (χ4n) is 2.68. The molecule has 10 heteroatoms. The van der Waals surface area contributed by atoms with Crippen LogP contribution in [0.25, 0.3) is 5.69 Å². The summed E-state index contributed by atoms with van der Waals surface area (Å²) >= 11 is 12.3. The summed E-state index contributed by atoms with van der Waals surface area (Å²) in [5.41, 5.74) is 0.871. The molecule has 0 fully saturated rings. The summed E-state index contributed by atoms with van der Waals surface area (Å²) in [5, 5.41) is 11.9. The summed E-state index contributed by atoms with van der Waals surface area (Å²) in [5.74, 6) is 0.861. The maximum atomic E-state index is 12.9. The molecule has 0 saturated heterocycles. The Labute approximate surface area is 177 Å². The van der Waals surface area contributed by atoms with E-state index in [1.807, 2.05) is 12.1 Å². The van der Waals surface area contributed by atoms with Crippen molar-refractivity contribution in [1.82, 2.24) is 25.1 Å². The lowest BCUT2D eigenvalue weighted by atomic mass is 10.1.